The minimum absolute atomic E-state index is 0.0833. The van der Waals surface area contributed by atoms with Crippen LogP contribution in [0.25, 0.3) is 0 Å². The zero-order valence-corrected chi connectivity index (χ0v) is 11.9. The summed E-state index contributed by atoms with van der Waals surface area (Å²) in [5.41, 5.74) is 0.873. The Morgan fingerprint density at radius 1 is 1.42 bits per heavy atom. The number of hydrogen-bond donors (Lipinski definition) is 0. The third kappa shape index (κ3) is 3.67. The fraction of sp³-hybridized carbons (Fsp3) is 0.600. The molecule has 3 nitrogen and oxygen atoms in total. The fourth-order valence-electron chi connectivity index (χ4n) is 2.13. The topological polar surface area (TPSA) is 27.7 Å². The summed E-state index contributed by atoms with van der Waals surface area (Å²) in [6.07, 6.45) is -0.0833. The first-order valence-corrected chi connectivity index (χ1v) is 6.61. The molecular formula is C15H21FO3. The number of ether oxygens (including phenoxy) is 3. The van der Waals surface area contributed by atoms with Crippen molar-refractivity contribution in [2.45, 2.75) is 45.5 Å². The Morgan fingerprint density at radius 2 is 2.16 bits per heavy atom. The second-order valence-corrected chi connectivity index (χ2v) is 5.60. The molecule has 0 spiro atoms. The van der Waals surface area contributed by atoms with Crippen LogP contribution < -0.4 is 4.74 Å². The molecule has 1 fully saturated rings. The van der Waals surface area contributed by atoms with E-state index in [-0.39, 0.29) is 17.8 Å². The first-order chi connectivity index (χ1) is 8.87. The van der Waals surface area contributed by atoms with Gasteiger partial charge in [0, 0.05) is 0 Å². The lowest BCUT2D eigenvalue weighted by atomic mass is 10.0. The molecule has 0 N–H and O–H groups in total. The van der Waals surface area contributed by atoms with Crippen molar-refractivity contribution in [2.75, 3.05) is 13.2 Å². The zero-order valence-electron chi connectivity index (χ0n) is 11.9. The van der Waals surface area contributed by atoms with Gasteiger partial charge in [0.1, 0.15) is 24.3 Å². The number of rotatable bonds is 4. The molecule has 0 amide bonds. The summed E-state index contributed by atoms with van der Waals surface area (Å²) < 4.78 is 30.2. The molecule has 0 bridgehead atoms. The average Bonchev–Trinajstić information content (AvgIpc) is 2.67. The molecule has 19 heavy (non-hydrogen) atoms. The van der Waals surface area contributed by atoms with Gasteiger partial charge >= 0.3 is 0 Å². The lowest BCUT2D eigenvalue weighted by Crippen LogP contribution is -2.25. The van der Waals surface area contributed by atoms with Crippen LogP contribution in [0.15, 0.2) is 18.2 Å². The van der Waals surface area contributed by atoms with Gasteiger partial charge in [0.25, 0.3) is 0 Å². The van der Waals surface area contributed by atoms with Crippen LogP contribution in [0.1, 0.15) is 39.2 Å². The van der Waals surface area contributed by atoms with Gasteiger partial charge in [0.15, 0.2) is 5.79 Å². The first kappa shape index (κ1) is 14.3. The van der Waals surface area contributed by atoms with Crippen molar-refractivity contribution in [3.05, 3.63) is 29.6 Å². The highest BCUT2D eigenvalue weighted by molar-refractivity contribution is 5.36. The molecule has 0 aliphatic carbocycles. The largest absolute Gasteiger partial charge is 0.490 e. The molecule has 1 aliphatic rings. The average molecular weight is 268 g/mol. The van der Waals surface area contributed by atoms with E-state index in [0.717, 1.165) is 5.56 Å². The summed E-state index contributed by atoms with van der Waals surface area (Å²) in [5, 5.41) is 0. The van der Waals surface area contributed by atoms with E-state index in [1.807, 2.05) is 27.7 Å². The van der Waals surface area contributed by atoms with Gasteiger partial charge in [-0.3, -0.25) is 0 Å². The highest BCUT2D eigenvalue weighted by atomic mass is 19.1. The quantitative estimate of drug-likeness (QED) is 0.836. The predicted molar refractivity (Wildman–Crippen MR) is 70.9 cm³/mol. The molecule has 1 heterocycles. The summed E-state index contributed by atoms with van der Waals surface area (Å²) in [5.74, 6) is 0.141. The van der Waals surface area contributed by atoms with E-state index in [9.17, 15) is 4.39 Å². The van der Waals surface area contributed by atoms with Gasteiger partial charge in [0.05, 0.1) is 6.61 Å². The maximum atomic E-state index is 13.3. The van der Waals surface area contributed by atoms with Crippen molar-refractivity contribution in [2.24, 2.45) is 0 Å². The highest BCUT2D eigenvalue weighted by Crippen LogP contribution is 2.28. The first-order valence-electron chi connectivity index (χ1n) is 6.61. The molecule has 1 aromatic carbocycles. The second-order valence-electron chi connectivity index (χ2n) is 5.60. The smallest absolute Gasteiger partial charge is 0.163 e. The van der Waals surface area contributed by atoms with E-state index in [4.69, 9.17) is 14.2 Å². The molecule has 0 saturated carbocycles. The molecular weight excluding hydrogens is 247 g/mol. The van der Waals surface area contributed by atoms with Crippen molar-refractivity contribution in [3.8, 4) is 5.75 Å². The molecule has 0 aromatic heterocycles. The van der Waals surface area contributed by atoms with Crippen LogP contribution in [0.2, 0.25) is 0 Å². The third-order valence-corrected chi connectivity index (χ3v) is 3.09. The molecule has 1 aliphatic heterocycles. The molecule has 1 aromatic rings. The van der Waals surface area contributed by atoms with Gasteiger partial charge < -0.3 is 14.2 Å². The van der Waals surface area contributed by atoms with Crippen LogP contribution in [-0.2, 0) is 9.47 Å². The van der Waals surface area contributed by atoms with Crippen LogP contribution in [0.3, 0.4) is 0 Å². The van der Waals surface area contributed by atoms with Crippen molar-refractivity contribution in [1.29, 1.82) is 0 Å². The molecule has 1 unspecified atom stereocenters. The van der Waals surface area contributed by atoms with Crippen molar-refractivity contribution in [1.82, 2.24) is 0 Å². The van der Waals surface area contributed by atoms with Gasteiger partial charge in [0.2, 0.25) is 0 Å². The van der Waals surface area contributed by atoms with Gasteiger partial charge in [-0.05, 0) is 43.5 Å². The summed E-state index contributed by atoms with van der Waals surface area (Å²) in [6, 6.07) is 4.61. The molecule has 0 radical (unpaired) electrons. The summed E-state index contributed by atoms with van der Waals surface area (Å²) in [6.45, 7) is 8.72. The van der Waals surface area contributed by atoms with Gasteiger partial charge in [-0.25, -0.2) is 4.39 Å². The monoisotopic (exact) mass is 268 g/mol. The van der Waals surface area contributed by atoms with Crippen molar-refractivity contribution >= 4 is 0 Å². The van der Waals surface area contributed by atoms with Gasteiger partial charge in [-0.2, -0.15) is 0 Å². The molecule has 4 heteroatoms. The number of halogens is 1. The van der Waals surface area contributed by atoms with E-state index in [1.165, 1.54) is 12.1 Å². The van der Waals surface area contributed by atoms with E-state index in [2.05, 4.69) is 0 Å². The Balaban J connectivity index is 2.00. The van der Waals surface area contributed by atoms with Crippen molar-refractivity contribution < 1.29 is 18.6 Å². The second kappa shape index (κ2) is 5.47. The Hall–Kier alpha value is -1.13. The SMILES string of the molecule is CC(C)c1cc(F)ccc1OCC1COC(C)(C)O1. The lowest BCUT2D eigenvalue weighted by molar-refractivity contribution is -0.141. The van der Waals surface area contributed by atoms with Gasteiger partial charge in [-0.1, -0.05) is 13.8 Å². The van der Waals surface area contributed by atoms with Gasteiger partial charge in [-0.15, -0.1) is 0 Å². The Kier molecular flexibility index (Phi) is 4.11. The maximum absolute atomic E-state index is 13.3. The van der Waals surface area contributed by atoms with E-state index >= 15 is 0 Å². The summed E-state index contributed by atoms with van der Waals surface area (Å²) >= 11 is 0. The van der Waals surface area contributed by atoms with E-state index in [1.54, 1.807) is 6.07 Å². The highest BCUT2D eigenvalue weighted by Gasteiger charge is 2.33. The Morgan fingerprint density at radius 3 is 2.74 bits per heavy atom. The standard InChI is InChI=1S/C15H21FO3/c1-10(2)13-7-11(16)5-6-14(13)17-8-12-9-18-15(3,4)19-12/h5-7,10,12H,8-9H2,1-4H3. The Labute approximate surface area is 113 Å². The lowest BCUT2D eigenvalue weighted by Gasteiger charge is -2.18. The van der Waals surface area contributed by atoms with Crippen LogP contribution in [0, 0.1) is 5.82 Å². The van der Waals surface area contributed by atoms with Crippen LogP contribution >= 0.6 is 0 Å². The normalized spacial score (nSPS) is 21.9. The maximum Gasteiger partial charge on any atom is 0.163 e. The minimum Gasteiger partial charge on any atom is -0.490 e. The minimum atomic E-state index is -0.544. The van der Waals surface area contributed by atoms with Crippen LogP contribution in [0.5, 0.6) is 5.75 Å². The van der Waals surface area contributed by atoms with E-state index < -0.39 is 5.79 Å². The zero-order chi connectivity index (χ0) is 14.0. The summed E-state index contributed by atoms with van der Waals surface area (Å²) in [7, 11) is 0. The third-order valence-electron chi connectivity index (χ3n) is 3.09. The molecule has 2 rings (SSSR count). The Bertz CT molecular complexity index is 443. The van der Waals surface area contributed by atoms with Crippen LogP contribution in [0.4, 0.5) is 4.39 Å². The number of benzene rings is 1. The molecule has 1 atom stereocenters. The fourth-order valence-corrected chi connectivity index (χ4v) is 2.13. The molecule has 106 valence electrons. The van der Waals surface area contributed by atoms with Crippen LogP contribution in [-0.4, -0.2) is 25.1 Å². The number of hydrogen-bond acceptors (Lipinski definition) is 3. The van der Waals surface area contributed by atoms with E-state index in [0.29, 0.717) is 19.0 Å². The van der Waals surface area contributed by atoms with Crippen molar-refractivity contribution in [3.63, 3.8) is 0 Å². The predicted octanol–water partition coefficient (Wildman–Crippen LogP) is 3.48. The molecule has 1 saturated heterocycles. The summed E-state index contributed by atoms with van der Waals surface area (Å²) in [4.78, 5) is 0.